The highest BCUT2D eigenvalue weighted by molar-refractivity contribution is 4.79. The maximum Gasteiger partial charge on any atom is 0.389 e. The van der Waals surface area contributed by atoms with E-state index in [-0.39, 0.29) is 0 Å². The van der Waals surface area contributed by atoms with E-state index < -0.39 is 30.8 Å². The fourth-order valence-electron chi connectivity index (χ4n) is 0.804. The second-order valence-electron chi connectivity index (χ2n) is 3.26. The minimum Gasteiger partial charge on any atom is -0.396 e. The Morgan fingerprint density at radius 1 is 1.17 bits per heavy atom. The van der Waals surface area contributed by atoms with Gasteiger partial charge >= 0.3 is 6.18 Å². The highest BCUT2D eigenvalue weighted by Crippen LogP contribution is 2.32. The molecule has 0 aromatic rings. The summed E-state index contributed by atoms with van der Waals surface area (Å²) >= 11 is 0. The predicted molar refractivity (Wildman–Crippen MR) is 36.4 cm³/mol. The van der Waals surface area contributed by atoms with Gasteiger partial charge in [0.2, 0.25) is 0 Å². The Bertz CT molecular complexity index is 135. The first-order valence-electron chi connectivity index (χ1n) is 3.53. The topological polar surface area (TPSA) is 20.2 Å². The monoisotopic (exact) mass is 188 g/mol. The quantitative estimate of drug-likeness (QED) is 0.674. The van der Waals surface area contributed by atoms with Gasteiger partial charge in [0, 0.05) is 12.5 Å². The number of halogens is 4. The molecular weight excluding hydrogens is 176 g/mol. The summed E-state index contributed by atoms with van der Waals surface area (Å²) in [6, 6.07) is 0. The molecule has 1 unspecified atom stereocenters. The summed E-state index contributed by atoms with van der Waals surface area (Å²) in [5, 5.41) is 8.48. The highest BCUT2D eigenvalue weighted by atomic mass is 19.4. The maximum atomic E-state index is 12.9. The van der Waals surface area contributed by atoms with Crippen LogP contribution in [0.15, 0.2) is 0 Å². The Kier molecular flexibility index (Phi) is 3.50. The van der Waals surface area contributed by atoms with Gasteiger partial charge in [0.15, 0.2) is 0 Å². The molecule has 1 atom stereocenters. The molecule has 0 rings (SSSR count). The Hall–Kier alpha value is -0.320. The second kappa shape index (κ2) is 3.60. The fraction of sp³-hybridized carbons (Fsp3) is 1.00. The zero-order valence-electron chi connectivity index (χ0n) is 6.95. The Balaban J connectivity index is 4.20. The Morgan fingerprint density at radius 2 is 1.58 bits per heavy atom. The lowest BCUT2D eigenvalue weighted by Crippen LogP contribution is -2.33. The van der Waals surface area contributed by atoms with Gasteiger partial charge < -0.3 is 5.11 Å². The summed E-state index contributed by atoms with van der Waals surface area (Å²) in [6.45, 7) is 1.27. The van der Waals surface area contributed by atoms with E-state index in [1.807, 2.05) is 0 Å². The zero-order chi connectivity index (χ0) is 9.99. The standard InChI is InChI=1S/C7H12F4O/c1-6(2,8)5(4-12)3-7(9,10)11/h5,12H,3-4H2,1-2H3. The van der Waals surface area contributed by atoms with E-state index in [4.69, 9.17) is 5.11 Å². The largest absolute Gasteiger partial charge is 0.396 e. The van der Waals surface area contributed by atoms with Gasteiger partial charge in [-0.1, -0.05) is 0 Å². The van der Waals surface area contributed by atoms with Crippen molar-refractivity contribution in [3.63, 3.8) is 0 Å². The first-order chi connectivity index (χ1) is 5.17. The average Bonchev–Trinajstić information content (AvgIpc) is 1.78. The molecule has 1 nitrogen and oxygen atoms in total. The summed E-state index contributed by atoms with van der Waals surface area (Å²) in [4.78, 5) is 0. The van der Waals surface area contributed by atoms with Crippen molar-refractivity contribution >= 4 is 0 Å². The molecule has 0 bridgehead atoms. The van der Waals surface area contributed by atoms with Crippen LogP contribution in [0.1, 0.15) is 20.3 Å². The summed E-state index contributed by atoms with van der Waals surface area (Å²) < 4.78 is 48.2. The number of rotatable bonds is 3. The molecule has 12 heavy (non-hydrogen) atoms. The number of alkyl halides is 4. The molecule has 0 fully saturated rings. The molecule has 0 heterocycles. The van der Waals surface area contributed by atoms with Crippen LogP contribution in [0.3, 0.4) is 0 Å². The zero-order valence-corrected chi connectivity index (χ0v) is 6.95. The van der Waals surface area contributed by atoms with Crippen LogP contribution in [0.2, 0.25) is 0 Å². The number of hydrogen-bond acceptors (Lipinski definition) is 1. The van der Waals surface area contributed by atoms with Gasteiger partial charge in [0.1, 0.15) is 5.67 Å². The first kappa shape index (κ1) is 11.7. The second-order valence-corrected chi connectivity index (χ2v) is 3.26. The third-order valence-electron chi connectivity index (χ3n) is 1.67. The van der Waals surface area contributed by atoms with Gasteiger partial charge in [0.25, 0.3) is 0 Å². The molecule has 0 aliphatic rings. The van der Waals surface area contributed by atoms with E-state index >= 15 is 0 Å². The molecule has 0 aliphatic carbocycles. The van der Waals surface area contributed by atoms with E-state index in [2.05, 4.69) is 0 Å². The average molecular weight is 188 g/mol. The van der Waals surface area contributed by atoms with Crippen LogP contribution in [0, 0.1) is 5.92 Å². The van der Waals surface area contributed by atoms with Gasteiger partial charge in [-0.15, -0.1) is 0 Å². The molecule has 0 amide bonds. The molecule has 0 radical (unpaired) electrons. The molecule has 74 valence electrons. The van der Waals surface area contributed by atoms with Crippen LogP contribution >= 0.6 is 0 Å². The van der Waals surface area contributed by atoms with Crippen LogP contribution in [-0.4, -0.2) is 23.6 Å². The van der Waals surface area contributed by atoms with Crippen LogP contribution in [0.25, 0.3) is 0 Å². The first-order valence-corrected chi connectivity index (χ1v) is 3.53. The molecule has 0 saturated heterocycles. The van der Waals surface area contributed by atoms with Crippen molar-refractivity contribution in [2.24, 2.45) is 5.92 Å². The molecule has 1 N–H and O–H groups in total. The summed E-state index contributed by atoms with van der Waals surface area (Å²) in [6.07, 6.45) is -5.70. The van der Waals surface area contributed by atoms with Crippen molar-refractivity contribution < 1.29 is 22.7 Å². The Labute approximate surface area is 68.4 Å². The third kappa shape index (κ3) is 4.54. The van der Waals surface area contributed by atoms with Crippen LogP contribution in [0.4, 0.5) is 17.6 Å². The van der Waals surface area contributed by atoms with E-state index in [0.717, 1.165) is 13.8 Å². The molecule has 0 spiro atoms. The third-order valence-corrected chi connectivity index (χ3v) is 1.67. The summed E-state index contributed by atoms with van der Waals surface area (Å²) in [5.41, 5.74) is -2.00. The van der Waals surface area contributed by atoms with Crippen molar-refractivity contribution in [1.82, 2.24) is 0 Å². The van der Waals surface area contributed by atoms with Gasteiger partial charge in [-0.05, 0) is 13.8 Å². The van der Waals surface area contributed by atoms with Gasteiger partial charge in [-0.3, -0.25) is 0 Å². The van der Waals surface area contributed by atoms with Crippen LogP contribution in [0.5, 0.6) is 0 Å². The lowest BCUT2D eigenvalue weighted by molar-refractivity contribution is -0.158. The molecular formula is C7H12F4O. The minimum absolute atomic E-state index is 0.789. The van der Waals surface area contributed by atoms with Crippen molar-refractivity contribution in [3.8, 4) is 0 Å². The van der Waals surface area contributed by atoms with Crippen LogP contribution in [-0.2, 0) is 0 Å². The summed E-state index contributed by atoms with van der Waals surface area (Å²) in [5.74, 6) is -1.38. The SMILES string of the molecule is CC(C)(F)C(CO)CC(F)(F)F. The van der Waals surface area contributed by atoms with E-state index in [9.17, 15) is 17.6 Å². The molecule has 5 heteroatoms. The lowest BCUT2D eigenvalue weighted by Gasteiger charge is -2.25. The molecule has 0 saturated carbocycles. The predicted octanol–water partition coefficient (Wildman–Crippen LogP) is 2.30. The van der Waals surface area contributed by atoms with E-state index in [1.54, 1.807) is 0 Å². The number of aliphatic hydroxyl groups excluding tert-OH is 1. The van der Waals surface area contributed by atoms with E-state index in [0.29, 0.717) is 0 Å². The molecule has 0 aromatic carbocycles. The van der Waals surface area contributed by atoms with Crippen molar-refractivity contribution in [3.05, 3.63) is 0 Å². The number of hydrogen-bond donors (Lipinski definition) is 1. The van der Waals surface area contributed by atoms with Gasteiger partial charge in [-0.25, -0.2) is 4.39 Å². The smallest absolute Gasteiger partial charge is 0.389 e. The maximum absolute atomic E-state index is 12.9. The normalized spacial score (nSPS) is 16.2. The molecule has 0 aliphatic heterocycles. The molecule has 0 aromatic heterocycles. The lowest BCUT2D eigenvalue weighted by atomic mass is 9.90. The van der Waals surface area contributed by atoms with Gasteiger partial charge in [0.05, 0.1) is 6.42 Å². The highest BCUT2D eigenvalue weighted by Gasteiger charge is 2.39. The Morgan fingerprint density at radius 3 is 1.67 bits per heavy atom. The minimum atomic E-state index is -4.42. The van der Waals surface area contributed by atoms with Crippen molar-refractivity contribution in [2.45, 2.75) is 32.1 Å². The van der Waals surface area contributed by atoms with Crippen LogP contribution < -0.4 is 0 Å². The summed E-state index contributed by atoms with van der Waals surface area (Å²) in [7, 11) is 0. The number of aliphatic hydroxyl groups is 1. The van der Waals surface area contributed by atoms with Crippen molar-refractivity contribution in [2.75, 3.05) is 6.61 Å². The van der Waals surface area contributed by atoms with Crippen molar-refractivity contribution in [1.29, 1.82) is 0 Å². The fourth-order valence-corrected chi connectivity index (χ4v) is 0.804. The van der Waals surface area contributed by atoms with Gasteiger partial charge in [-0.2, -0.15) is 13.2 Å². The van der Waals surface area contributed by atoms with E-state index in [1.165, 1.54) is 0 Å².